The highest BCUT2D eigenvalue weighted by atomic mass is 79.9. The highest BCUT2D eigenvalue weighted by Crippen LogP contribution is 2.36. The first-order valence-electron chi connectivity index (χ1n) is 6.50. The van der Waals surface area contributed by atoms with Crippen molar-refractivity contribution in [2.24, 2.45) is 0 Å². The number of rotatable bonds is 3. The van der Waals surface area contributed by atoms with Crippen LogP contribution in [0.15, 0.2) is 47.1 Å². The summed E-state index contributed by atoms with van der Waals surface area (Å²) in [6, 6.07) is 11.6. The van der Waals surface area contributed by atoms with Crippen LogP contribution in [-0.4, -0.2) is 10.8 Å². The maximum Gasteiger partial charge on any atom is 0.211 e. The van der Waals surface area contributed by atoms with E-state index in [1.165, 1.54) is 24.8 Å². The van der Waals surface area contributed by atoms with Crippen LogP contribution in [0.5, 0.6) is 0 Å². The predicted octanol–water partition coefficient (Wildman–Crippen LogP) is 4.34. The van der Waals surface area contributed by atoms with Crippen molar-refractivity contribution >= 4 is 21.7 Å². The maximum atomic E-state index is 12.2. The van der Waals surface area contributed by atoms with E-state index in [2.05, 4.69) is 33.0 Å². The van der Waals surface area contributed by atoms with Crippen LogP contribution in [0.4, 0.5) is 0 Å². The average Bonchev–Trinajstić information content (AvgIpc) is 2.38. The second-order valence-corrected chi connectivity index (χ2v) is 5.86. The van der Waals surface area contributed by atoms with E-state index >= 15 is 0 Å². The molecule has 0 atom stereocenters. The second kappa shape index (κ2) is 5.25. The van der Waals surface area contributed by atoms with Crippen molar-refractivity contribution in [3.63, 3.8) is 0 Å². The van der Waals surface area contributed by atoms with Crippen molar-refractivity contribution in [3.8, 4) is 0 Å². The van der Waals surface area contributed by atoms with Gasteiger partial charge in [0.2, 0.25) is 5.78 Å². The molecule has 1 aliphatic carbocycles. The number of ketones is 1. The fourth-order valence-electron chi connectivity index (χ4n) is 2.31. The molecular weight excluding hydrogens is 302 g/mol. The summed E-state index contributed by atoms with van der Waals surface area (Å²) < 4.78 is 0.879. The number of benzene rings is 1. The van der Waals surface area contributed by atoms with E-state index in [4.69, 9.17) is 0 Å². The van der Waals surface area contributed by atoms with Crippen molar-refractivity contribution in [1.29, 1.82) is 0 Å². The molecule has 96 valence electrons. The Morgan fingerprint density at radius 2 is 1.84 bits per heavy atom. The summed E-state index contributed by atoms with van der Waals surface area (Å²) in [6.45, 7) is 0. The molecule has 1 aromatic carbocycles. The van der Waals surface area contributed by atoms with Gasteiger partial charge in [0.05, 0.1) is 0 Å². The first kappa shape index (κ1) is 12.5. The smallest absolute Gasteiger partial charge is 0.211 e. The third-order valence-corrected chi connectivity index (χ3v) is 4.18. The van der Waals surface area contributed by atoms with Crippen LogP contribution >= 0.6 is 15.9 Å². The number of carbonyl (C=O) groups is 1. The van der Waals surface area contributed by atoms with Crippen molar-refractivity contribution < 1.29 is 4.79 Å². The Kier molecular flexibility index (Phi) is 3.47. The monoisotopic (exact) mass is 315 g/mol. The van der Waals surface area contributed by atoms with Gasteiger partial charge in [-0.15, -0.1) is 0 Å². The Hall–Kier alpha value is -1.48. The molecule has 2 aromatic rings. The number of halogens is 1. The standard InChI is InChI=1S/C16H14BrNO/c17-14-8-9-15(18-10-14)16(19)13-6-4-12(5-7-13)11-2-1-3-11/h4-11H,1-3H2. The first-order valence-corrected chi connectivity index (χ1v) is 7.29. The molecule has 1 saturated carbocycles. The molecule has 3 rings (SSSR count). The Morgan fingerprint density at radius 3 is 2.37 bits per heavy atom. The Labute approximate surface area is 121 Å². The minimum Gasteiger partial charge on any atom is -0.287 e. The Bertz CT molecular complexity index is 585. The van der Waals surface area contributed by atoms with E-state index in [0.717, 1.165) is 4.47 Å². The quantitative estimate of drug-likeness (QED) is 0.788. The minimum atomic E-state index is -0.0207. The molecule has 0 radical (unpaired) electrons. The van der Waals surface area contributed by atoms with E-state index in [-0.39, 0.29) is 5.78 Å². The van der Waals surface area contributed by atoms with E-state index in [1.807, 2.05) is 18.2 Å². The van der Waals surface area contributed by atoms with Gasteiger partial charge in [-0.3, -0.25) is 9.78 Å². The van der Waals surface area contributed by atoms with Gasteiger partial charge in [-0.1, -0.05) is 30.7 Å². The van der Waals surface area contributed by atoms with Gasteiger partial charge in [-0.2, -0.15) is 0 Å². The molecule has 0 bridgehead atoms. The maximum absolute atomic E-state index is 12.2. The molecule has 0 N–H and O–H groups in total. The van der Waals surface area contributed by atoms with Crippen molar-refractivity contribution in [2.75, 3.05) is 0 Å². The third kappa shape index (κ3) is 2.61. The van der Waals surface area contributed by atoms with Gasteiger partial charge in [0.25, 0.3) is 0 Å². The number of hydrogen-bond donors (Lipinski definition) is 0. The fourth-order valence-corrected chi connectivity index (χ4v) is 2.54. The van der Waals surface area contributed by atoms with Crippen molar-refractivity contribution in [2.45, 2.75) is 25.2 Å². The summed E-state index contributed by atoms with van der Waals surface area (Å²) >= 11 is 3.32. The largest absolute Gasteiger partial charge is 0.287 e. The molecule has 1 heterocycles. The molecular formula is C16H14BrNO. The summed E-state index contributed by atoms with van der Waals surface area (Å²) in [7, 11) is 0. The van der Waals surface area contributed by atoms with Gasteiger partial charge >= 0.3 is 0 Å². The van der Waals surface area contributed by atoms with Crippen molar-refractivity contribution in [1.82, 2.24) is 4.98 Å². The van der Waals surface area contributed by atoms with Gasteiger partial charge in [0.15, 0.2) is 0 Å². The lowest BCUT2D eigenvalue weighted by Crippen LogP contribution is -2.09. The van der Waals surface area contributed by atoms with Crippen LogP contribution in [0.2, 0.25) is 0 Å². The number of hydrogen-bond acceptors (Lipinski definition) is 2. The second-order valence-electron chi connectivity index (χ2n) is 4.94. The molecule has 0 saturated heterocycles. The number of nitrogens with zero attached hydrogens (tertiary/aromatic N) is 1. The van der Waals surface area contributed by atoms with E-state index in [9.17, 15) is 4.79 Å². The highest BCUT2D eigenvalue weighted by molar-refractivity contribution is 9.10. The van der Waals surface area contributed by atoms with Gasteiger partial charge in [-0.25, -0.2) is 0 Å². The third-order valence-electron chi connectivity index (χ3n) is 3.71. The molecule has 0 spiro atoms. The zero-order valence-electron chi connectivity index (χ0n) is 10.5. The van der Waals surface area contributed by atoms with Crippen LogP contribution in [0.3, 0.4) is 0 Å². The van der Waals surface area contributed by atoms with E-state index in [0.29, 0.717) is 17.2 Å². The normalized spacial score (nSPS) is 15.0. The predicted molar refractivity (Wildman–Crippen MR) is 78.4 cm³/mol. The number of aromatic nitrogens is 1. The lowest BCUT2D eigenvalue weighted by atomic mass is 9.80. The lowest BCUT2D eigenvalue weighted by molar-refractivity contribution is 0.103. The van der Waals surface area contributed by atoms with Crippen LogP contribution < -0.4 is 0 Å². The molecule has 3 heteroatoms. The number of carbonyl (C=O) groups excluding carboxylic acids is 1. The number of pyridine rings is 1. The molecule has 0 unspecified atom stereocenters. The summed E-state index contributed by atoms with van der Waals surface area (Å²) in [4.78, 5) is 16.4. The summed E-state index contributed by atoms with van der Waals surface area (Å²) in [5, 5.41) is 0. The fraction of sp³-hybridized carbons (Fsp3) is 0.250. The van der Waals surface area contributed by atoms with Crippen molar-refractivity contribution in [3.05, 3.63) is 63.9 Å². The molecule has 19 heavy (non-hydrogen) atoms. The summed E-state index contributed by atoms with van der Waals surface area (Å²) in [6.07, 6.45) is 5.53. The van der Waals surface area contributed by atoms with Crippen LogP contribution in [0.25, 0.3) is 0 Å². The van der Waals surface area contributed by atoms with Crippen LogP contribution in [0.1, 0.15) is 46.8 Å². The molecule has 2 nitrogen and oxygen atoms in total. The molecule has 1 fully saturated rings. The molecule has 0 amide bonds. The molecule has 0 aliphatic heterocycles. The Balaban J connectivity index is 1.81. The minimum absolute atomic E-state index is 0.0207. The highest BCUT2D eigenvalue weighted by Gasteiger charge is 2.19. The Morgan fingerprint density at radius 1 is 1.11 bits per heavy atom. The topological polar surface area (TPSA) is 30.0 Å². The lowest BCUT2D eigenvalue weighted by Gasteiger charge is -2.25. The van der Waals surface area contributed by atoms with Gasteiger partial charge < -0.3 is 0 Å². The first-order chi connectivity index (χ1) is 9.24. The van der Waals surface area contributed by atoms with Gasteiger partial charge in [0.1, 0.15) is 5.69 Å². The van der Waals surface area contributed by atoms with Gasteiger partial charge in [-0.05, 0) is 52.4 Å². The average molecular weight is 316 g/mol. The van der Waals surface area contributed by atoms with Gasteiger partial charge in [0, 0.05) is 16.2 Å². The van der Waals surface area contributed by atoms with E-state index in [1.54, 1.807) is 12.3 Å². The van der Waals surface area contributed by atoms with Crippen LogP contribution in [0, 0.1) is 0 Å². The van der Waals surface area contributed by atoms with Crippen LogP contribution in [-0.2, 0) is 0 Å². The summed E-state index contributed by atoms with van der Waals surface area (Å²) in [5.74, 6) is 0.683. The zero-order chi connectivity index (χ0) is 13.2. The zero-order valence-corrected chi connectivity index (χ0v) is 12.1. The molecule has 1 aliphatic rings. The van der Waals surface area contributed by atoms with E-state index < -0.39 is 0 Å². The molecule has 1 aromatic heterocycles. The summed E-state index contributed by atoms with van der Waals surface area (Å²) in [5.41, 5.74) is 2.55. The SMILES string of the molecule is O=C(c1ccc(C2CCC2)cc1)c1ccc(Br)cn1.